The van der Waals surface area contributed by atoms with Crippen molar-refractivity contribution in [3.63, 3.8) is 0 Å². The lowest BCUT2D eigenvalue weighted by Gasteiger charge is -2.36. The maximum atomic E-state index is 13.8. The first-order chi connectivity index (χ1) is 11.6. The van der Waals surface area contributed by atoms with Crippen molar-refractivity contribution < 1.29 is 9.18 Å². The van der Waals surface area contributed by atoms with E-state index in [9.17, 15) is 9.18 Å². The minimum atomic E-state index is -0.210. The summed E-state index contributed by atoms with van der Waals surface area (Å²) in [6.45, 7) is 4.82. The van der Waals surface area contributed by atoms with E-state index in [0.717, 1.165) is 11.3 Å². The summed E-state index contributed by atoms with van der Waals surface area (Å²) in [5.41, 5.74) is 2.72. The Bertz CT molecular complexity index is 711. The Morgan fingerprint density at radius 3 is 2.42 bits per heavy atom. The Kier molecular flexibility index (Phi) is 4.99. The number of benzene rings is 2. The Balaban J connectivity index is 1.52. The number of anilines is 2. The highest BCUT2D eigenvalue weighted by molar-refractivity contribution is 5.81. The van der Waals surface area contributed by atoms with Gasteiger partial charge in [0.2, 0.25) is 5.91 Å². The van der Waals surface area contributed by atoms with E-state index in [1.54, 1.807) is 12.1 Å². The van der Waals surface area contributed by atoms with Crippen molar-refractivity contribution >= 4 is 17.3 Å². The number of halogens is 1. The van der Waals surface area contributed by atoms with Crippen LogP contribution in [0.4, 0.5) is 15.8 Å². The summed E-state index contributed by atoms with van der Waals surface area (Å²) in [5.74, 6) is -0.134. The van der Waals surface area contributed by atoms with Crippen molar-refractivity contribution in [2.24, 2.45) is 0 Å². The number of carbonyl (C=O) groups is 1. The number of aryl methyl sites for hydroxylation is 1. The quantitative estimate of drug-likeness (QED) is 0.938. The van der Waals surface area contributed by atoms with Crippen molar-refractivity contribution in [2.75, 3.05) is 42.9 Å². The summed E-state index contributed by atoms with van der Waals surface area (Å²) in [5, 5.41) is 3.20. The Morgan fingerprint density at radius 2 is 1.71 bits per heavy atom. The summed E-state index contributed by atoms with van der Waals surface area (Å²) in [6.07, 6.45) is 0. The van der Waals surface area contributed by atoms with Gasteiger partial charge >= 0.3 is 0 Å². The third kappa shape index (κ3) is 3.67. The molecule has 1 saturated heterocycles. The van der Waals surface area contributed by atoms with Crippen LogP contribution in [0.2, 0.25) is 0 Å². The van der Waals surface area contributed by atoms with Gasteiger partial charge in [-0.2, -0.15) is 0 Å². The van der Waals surface area contributed by atoms with Gasteiger partial charge in [-0.15, -0.1) is 0 Å². The molecule has 2 aromatic carbocycles. The molecule has 1 aliphatic heterocycles. The Labute approximate surface area is 141 Å². The molecule has 5 heteroatoms. The molecule has 0 radical (unpaired) electrons. The number of piperazine rings is 1. The summed E-state index contributed by atoms with van der Waals surface area (Å²) < 4.78 is 13.8. The highest BCUT2D eigenvalue weighted by atomic mass is 19.1. The van der Waals surface area contributed by atoms with E-state index in [0.29, 0.717) is 31.9 Å². The summed E-state index contributed by atoms with van der Waals surface area (Å²) in [6, 6.07) is 14.7. The number of amides is 1. The van der Waals surface area contributed by atoms with Crippen LogP contribution in [-0.2, 0) is 4.79 Å². The van der Waals surface area contributed by atoms with E-state index in [2.05, 4.69) is 5.32 Å². The van der Waals surface area contributed by atoms with E-state index in [1.165, 1.54) is 6.07 Å². The smallest absolute Gasteiger partial charge is 0.241 e. The molecule has 0 bridgehead atoms. The molecule has 4 nitrogen and oxygen atoms in total. The number of hydrogen-bond acceptors (Lipinski definition) is 3. The van der Waals surface area contributed by atoms with E-state index in [1.807, 2.05) is 47.1 Å². The van der Waals surface area contributed by atoms with Crippen LogP contribution in [0.15, 0.2) is 48.5 Å². The fourth-order valence-electron chi connectivity index (χ4n) is 2.96. The molecule has 0 atom stereocenters. The zero-order chi connectivity index (χ0) is 16.9. The summed E-state index contributed by atoms with van der Waals surface area (Å²) in [4.78, 5) is 16.2. The van der Waals surface area contributed by atoms with Gasteiger partial charge in [0.25, 0.3) is 0 Å². The molecule has 0 aromatic heterocycles. The minimum absolute atomic E-state index is 0.0754. The number of carbonyl (C=O) groups excluding carboxylic acids is 1. The topological polar surface area (TPSA) is 35.6 Å². The molecular weight excluding hydrogens is 305 g/mol. The van der Waals surface area contributed by atoms with Crippen molar-refractivity contribution in [3.05, 3.63) is 59.9 Å². The molecule has 1 heterocycles. The lowest BCUT2D eigenvalue weighted by molar-refractivity contribution is -0.129. The average molecular weight is 327 g/mol. The Hall–Kier alpha value is -2.56. The van der Waals surface area contributed by atoms with Gasteiger partial charge in [-0.05, 0) is 30.7 Å². The standard InChI is InChI=1S/C19H22FN3O/c1-15-6-2-4-8-17(15)21-14-19(24)23-12-10-22(11-13-23)18-9-5-3-7-16(18)20/h2-9,21H,10-14H2,1H3. The third-order valence-electron chi connectivity index (χ3n) is 4.40. The van der Waals surface area contributed by atoms with Crippen LogP contribution in [0.3, 0.4) is 0 Å². The van der Waals surface area contributed by atoms with Gasteiger partial charge in [-0.1, -0.05) is 30.3 Å². The van der Waals surface area contributed by atoms with Crippen molar-refractivity contribution in [2.45, 2.75) is 6.92 Å². The number of hydrogen-bond donors (Lipinski definition) is 1. The monoisotopic (exact) mass is 327 g/mol. The van der Waals surface area contributed by atoms with Crippen LogP contribution in [0.25, 0.3) is 0 Å². The van der Waals surface area contributed by atoms with Crippen LogP contribution < -0.4 is 10.2 Å². The van der Waals surface area contributed by atoms with Gasteiger partial charge in [-0.25, -0.2) is 4.39 Å². The van der Waals surface area contributed by atoms with Crippen molar-refractivity contribution in [1.29, 1.82) is 0 Å². The Morgan fingerprint density at radius 1 is 1.04 bits per heavy atom. The second kappa shape index (κ2) is 7.34. The zero-order valence-corrected chi connectivity index (χ0v) is 13.8. The molecule has 0 spiro atoms. The van der Waals surface area contributed by atoms with Crippen molar-refractivity contribution in [3.8, 4) is 0 Å². The molecule has 0 saturated carbocycles. The molecule has 0 aliphatic carbocycles. The fourth-order valence-corrected chi connectivity index (χ4v) is 2.96. The maximum absolute atomic E-state index is 13.8. The normalized spacial score (nSPS) is 14.6. The molecule has 0 unspecified atom stereocenters. The third-order valence-corrected chi connectivity index (χ3v) is 4.40. The first kappa shape index (κ1) is 16.3. The maximum Gasteiger partial charge on any atom is 0.241 e. The second-order valence-electron chi connectivity index (χ2n) is 5.99. The molecule has 126 valence electrons. The largest absolute Gasteiger partial charge is 0.376 e. The second-order valence-corrected chi connectivity index (χ2v) is 5.99. The molecular formula is C19H22FN3O. The zero-order valence-electron chi connectivity index (χ0n) is 13.8. The van der Waals surface area contributed by atoms with E-state index in [-0.39, 0.29) is 18.3 Å². The first-order valence-corrected chi connectivity index (χ1v) is 8.22. The number of para-hydroxylation sites is 2. The van der Waals surface area contributed by atoms with Gasteiger partial charge < -0.3 is 15.1 Å². The van der Waals surface area contributed by atoms with Gasteiger partial charge in [0.05, 0.1) is 12.2 Å². The lowest BCUT2D eigenvalue weighted by Crippen LogP contribution is -2.50. The highest BCUT2D eigenvalue weighted by Gasteiger charge is 2.22. The fraction of sp³-hybridized carbons (Fsp3) is 0.316. The van der Waals surface area contributed by atoms with Gasteiger partial charge in [0.15, 0.2) is 0 Å². The lowest BCUT2D eigenvalue weighted by atomic mass is 10.2. The van der Waals surface area contributed by atoms with E-state index >= 15 is 0 Å². The molecule has 3 rings (SSSR count). The number of rotatable bonds is 4. The van der Waals surface area contributed by atoms with Gasteiger partial charge in [-0.3, -0.25) is 4.79 Å². The predicted octanol–water partition coefficient (Wildman–Crippen LogP) is 2.89. The van der Waals surface area contributed by atoms with Gasteiger partial charge in [0.1, 0.15) is 5.82 Å². The average Bonchev–Trinajstić information content (AvgIpc) is 2.61. The van der Waals surface area contributed by atoms with Crippen LogP contribution in [0.5, 0.6) is 0 Å². The van der Waals surface area contributed by atoms with Crippen LogP contribution in [0, 0.1) is 12.7 Å². The van der Waals surface area contributed by atoms with Gasteiger partial charge in [0, 0.05) is 31.9 Å². The molecule has 24 heavy (non-hydrogen) atoms. The first-order valence-electron chi connectivity index (χ1n) is 8.22. The summed E-state index contributed by atoms with van der Waals surface area (Å²) in [7, 11) is 0. The number of nitrogens with zero attached hydrogens (tertiary/aromatic N) is 2. The molecule has 1 fully saturated rings. The minimum Gasteiger partial charge on any atom is -0.376 e. The molecule has 2 aromatic rings. The van der Waals surface area contributed by atoms with Crippen LogP contribution in [-0.4, -0.2) is 43.5 Å². The summed E-state index contributed by atoms with van der Waals surface area (Å²) >= 11 is 0. The number of nitrogens with one attached hydrogen (secondary N) is 1. The van der Waals surface area contributed by atoms with Crippen LogP contribution in [0.1, 0.15) is 5.56 Å². The van der Waals surface area contributed by atoms with E-state index in [4.69, 9.17) is 0 Å². The SMILES string of the molecule is Cc1ccccc1NCC(=O)N1CCN(c2ccccc2F)CC1. The molecule has 1 aliphatic rings. The highest BCUT2D eigenvalue weighted by Crippen LogP contribution is 2.20. The van der Waals surface area contributed by atoms with Crippen LogP contribution >= 0.6 is 0 Å². The molecule has 1 N–H and O–H groups in total. The molecule has 1 amide bonds. The predicted molar refractivity (Wildman–Crippen MR) is 94.9 cm³/mol. The van der Waals surface area contributed by atoms with E-state index < -0.39 is 0 Å². The van der Waals surface area contributed by atoms with Crippen molar-refractivity contribution in [1.82, 2.24) is 4.90 Å².